The van der Waals surface area contributed by atoms with Crippen molar-refractivity contribution in [2.45, 2.75) is 39.2 Å². The van der Waals surface area contributed by atoms with Crippen molar-refractivity contribution >= 4 is 33.3 Å². The molecule has 0 spiro atoms. The van der Waals surface area contributed by atoms with Crippen molar-refractivity contribution in [3.05, 3.63) is 33.3 Å². The molecule has 3 nitrogen and oxygen atoms in total. The van der Waals surface area contributed by atoms with Gasteiger partial charge in [-0.2, -0.15) is 0 Å². The molecule has 0 unspecified atom stereocenters. The Kier molecular flexibility index (Phi) is 8.49. The molecule has 1 N–H and O–H groups in total. The Morgan fingerprint density at radius 2 is 2.00 bits per heavy atom. The molecule has 1 rings (SSSR count). The number of aliphatic hydroxyl groups is 1. The summed E-state index contributed by atoms with van der Waals surface area (Å²) in [6, 6.07) is 5.72. The molecule has 0 aliphatic carbocycles. The van der Waals surface area contributed by atoms with Gasteiger partial charge in [-0.3, -0.25) is 9.69 Å². The number of aliphatic hydroxyl groups excluding tert-OH is 1. The summed E-state index contributed by atoms with van der Waals surface area (Å²) in [4.78, 5) is 14.5. The lowest BCUT2D eigenvalue weighted by molar-refractivity contribution is 0.0927. The smallest absolute Gasteiger partial charge is 0.165 e. The molecule has 118 valence electrons. The van der Waals surface area contributed by atoms with Gasteiger partial charge in [0.15, 0.2) is 5.78 Å². The summed E-state index contributed by atoms with van der Waals surface area (Å²) in [5.41, 5.74) is 0.563. The maximum absolute atomic E-state index is 12.3. The molecular weight excluding hydrogens is 354 g/mol. The summed E-state index contributed by atoms with van der Waals surface area (Å²) < 4.78 is 0.864. The van der Waals surface area contributed by atoms with E-state index in [2.05, 4.69) is 34.7 Å². The second kappa shape index (κ2) is 9.57. The van der Waals surface area contributed by atoms with Crippen LogP contribution in [0.5, 0.6) is 0 Å². The van der Waals surface area contributed by atoms with Crippen LogP contribution in [0, 0.1) is 0 Å². The first-order chi connectivity index (χ1) is 10.0. The minimum Gasteiger partial charge on any atom is -0.395 e. The van der Waals surface area contributed by atoms with E-state index in [1.54, 1.807) is 12.1 Å². The number of Topliss-reactive ketones (excluding diaryl/α,β-unsaturated/α-hetero) is 1. The van der Waals surface area contributed by atoms with Crippen LogP contribution in [0.2, 0.25) is 5.02 Å². The molecule has 0 amide bonds. The van der Waals surface area contributed by atoms with E-state index in [4.69, 9.17) is 11.6 Å². The Labute approximate surface area is 140 Å². The summed E-state index contributed by atoms with van der Waals surface area (Å²) in [5, 5.41) is 9.66. The number of rotatable bonds is 9. The van der Waals surface area contributed by atoms with E-state index in [0.717, 1.165) is 17.3 Å². The number of halogens is 2. The Bertz CT molecular complexity index is 464. The fourth-order valence-corrected chi connectivity index (χ4v) is 3.28. The van der Waals surface area contributed by atoms with Crippen LogP contribution in [0.25, 0.3) is 0 Å². The highest BCUT2D eigenvalue weighted by Gasteiger charge is 2.17. The number of nitrogens with zero attached hydrogens (tertiary/aromatic N) is 1. The van der Waals surface area contributed by atoms with E-state index in [-0.39, 0.29) is 12.4 Å². The van der Waals surface area contributed by atoms with Gasteiger partial charge in [0.05, 0.1) is 11.6 Å². The Balaban J connectivity index is 2.68. The van der Waals surface area contributed by atoms with Crippen molar-refractivity contribution in [2.75, 3.05) is 19.7 Å². The molecule has 1 aromatic carbocycles. The first-order valence-electron chi connectivity index (χ1n) is 7.36. The van der Waals surface area contributed by atoms with E-state index in [9.17, 15) is 9.90 Å². The van der Waals surface area contributed by atoms with Crippen molar-refractivity contribution in [3.8, 4) is 0 Å². The Morgan fingerprint density at radius 1 is 1.33 bits per heavy atom. The third-order valence-electron chi connectivity index (χ3n) is 3.70. The van der Waals surface area contributed by atoms with Crippen LogP contribution in [0.3, 0.4) is 0 Å². The number of ketones is 1. The molecule has 0 saturated carbocycles. The average Bonchev–Trinajstić information content (AvgIpc) is 2.45. The second-order valence-electron chi connectivity index (χ2n) is 5.03. The maximum Gasteiger partial charge on any atom is 0.165 e. The highest BCUT2D eigenvalue weighted by Crippen LogP contribution is 2.22. The monoisotopic (exact) mass is 375 g/mol. The molecule has 5 heteroatoms. The van der Waals surface area contributed by atoms with Crippen molar-refractivity contribution in [3.63, 3.8) is 0 Å². The van der Waals surface area contributed by atoms with Crippen molar-refractivity contribution < 1.29 is 9.90 Å². The Hall–Kier alpha value is -0.420. The van der Waals surface area contributed by atoms with Crippen LogP contribution < -0.4 is 0 Å². The largest absolute Gasteiger partial charge is 0.395 e. The number of hydrogen-bond donors (Lipinski definition) is 1. The number of hydrogen-bond acceptors (Lipinski definition) is 3. The molecule has 0 atom stereocenters. The normalized spacial score (nSPS) is 11.4. The SMILES string of the molecule is CCC(CC)N(CCO)CCC(=O)c1ccc(Br)cc1Cl. The lowest BCUT2D eigenvalue weighted by atomic mass is 10.1. The molecule has 0 fully saturated rings. The lowest BCUT2D eigenvalue weighted by Crippen LogP contribution is -2.38. The molecule has 0 radical (unpaired) electrons. The van der Waals surface area contributed by atoms with Gasteiger partial charge in [-0.05, 0) is 31.0 Å². The van der Waals surface area contributed by atoms with Gasteiger partial charge >= 0.3 is 0 Å². The summed E-state index contributed by atoms with van der Waals surface area (Å²) in [5.74, 6) is 0.0430. The topological polar surface area (TPSA) is 40.5 Å². The number of carbonyl (C=O) groups excluding carboxylic acids is 1. The fourth-order valence-electron chi connectivity index (χ4n) is 2.51. The van der Waals surface area contributed by atoms with Crippen LogP contribution in [0.15, 0.2) is 22.7 Å². The molecule has 1 aromatic rings. The first-order valence-corrected chi connectivity index (χ1v) is 8.53. The van der Waals surface area contributed by atoms with Crippen LogP contribution >= 0.6 is 27.5 Å². The summed E-state index contributed by atoms with van der Waals surface area (Å²) in [7, 11) is 0. The summed E-state index contributed by atoms with van der Waals surface area (Å²) in [6.07, 6.45) is 2.45. The molecule has 0 aliphatic heterocycles. The van der Waals surface area contributed by atoms with Gasteiger partial charge in [0.25, 0.3) is 0 Å². The quantitative estimate of drug-likeness (QED) is 0.658. The van der Waals surface area contributed by atoms with Crippen molar-refractivity contribution in [1.29, 1.82) is 0 Å². The standard InChI is InChI=1S/C16H23BrClNO2/c1-3-13(4-2)19(9-10-20)8-7-16(21)14-6-5-12(17)11-15(14)18/h5-6,11,13,20H,3-4,7-10H2,1-2H3. The minimum absolute atomic E-state index is 0.0430. The first kappa shape index (κ1) is 18.6. The van der Waals surface area contributed by atoms with E-state index in [0.29, 0.717) is 36.1 Å². The lowest BCUT2D eigenvalue weighted by Gasteiger charge is -2.29. The highest BCUT2D eigenvalue weighted by molar-refractivity contribution is 9.10. The minimum atomic E-state index is 0.0430. The van der Waals surface area contributed by atoms with E-state index < -0.39 is 0 Å². The molecule has 0 saturated heterocycles. The van der Waals surface area contributed by atoms with Gasteiger partial charge in [0, 0.05) is 35.6 Å². The zero-order valence-corrected chi connectivity index (χ0v) is 15.0. The molecule has 0 aliphatic rings. The number of benzene rings is 1. The number of carbonyl (C=O) groups is 1. The molecular formula is C16H23BrClNO2. The predicted octanol–water partition coefficient (Wildman–Crippen LogP) is 4.16. The molecule has 21 heavy (non-hydrogen) atoms. The van der Waals surface area contributed by atoms with Crippen molar-refractivity contribution in [1.82, 2.24) is 4.90 Å². The zero-order valence-electron chi connectivity index (χ0n) is 12.6. The van der Waals surface area contributed by atoms with E-state index >= 15 is 0 Å². The molecule has 0 bridgehead atoms. The molecule has 0 aromatic heterocycles. The zero-order chi connectivity index (χ0) is 15.8. The third-order valence-corrected chi connectivity index (χ3v) is 4.51. The van der Waals surface area contributed by atoms with Gasteiger partial charge in [0.2, 0.25) is 0 Å². The second-order valence-corrected chi connectivity index (χ2v) is 6.35. The Morgan fingerprint density at radius 3 is 2.52 bits per heavy atom. The van der Waals surface area contributed by atoms with Gasteiger partial charge < -0.3 is 5.11 Å². The van der Waals surface area contributed by atoms with Gasteiger partial charge in [0.1, 0.15) is 0 Å². The third kappa shape index (κ3) is 5.70. The maximum atomic E-state index is 12.3. The van der Waals surface area contributed by atoms with Gasteiger partial charge in [-0.15, -0.1) is 0 Å². The summed E-state index contributed by atoms with van der Waals surface area (Å²) in [6.45, 7) is 5.63. The molecule has 0 heterocycles. The average molecular weight is 377 g/mol. The van der Waals surface area contributed by atoms with Crippen molar-refractivity contribution in [2.24, 2.45) is 0 Å². The summed E-state index contributed by atoms with van der Waals surface area (Å²) >= 11 is 9.45. The predicted molar refractivity (Wildman–Crippen MR) is 91.1 cm³/mol. The van der Waals surface area contributed by atoms with Crippen LogP contribution in [0.1, 0.15) is 43.5 Å². The van der Waals surface area contributed by atoms with Crippen LogP contribution in [-0.2, 0) is 0 Å². The highest BCUT2D eigenvalue weighted by atomic mass is 79.9. The van der Waals surface area contributed by atoms with E-state index in [1.807, 2.05) is 6.07 Å². The van der Waals surface area contributed by atoms with Crippen LogP contribution in [-0.4, -0.2) is 41.5 Å². The van der Waals surface area contributed by atoms with E-state index in [1.165, 1.54) is 0 Å². The van der Waals surface area contributed by atoms with Gasteiger partial charge in [-0.1, -0.05) is 41.4 Å². The fraction of sp³-hybridized carbons (Fsp3) is 0.562. The van der Waals surface area contributed by atoms with Gasteiger partial charge in [-0.25, -0.2) is 0 Å². The van der Waals surface area contributed by atoms with Crippen LogP contribution in [0.4, 0.5) is 0 Å².